The third-order valence-corrected chi connectivity index (χ3v) is 4.71. The number of hydrogen-bond acceptors (Lipinski definition) is 6. The molecule has 1 aromatic carbocycles. The van der Waals surface area contributed by atoms with Crippen LogP contribution >= 0.6 is 0 Å². The van der Waals surface area contributed by atoms with Crippen LogP contribution in [0.3, 0.4) is 0 Å². The number of nitrogens with zero attached hydrogens (tertiary/aromatic N) is 5. The number of rotatable bonds is 2. The third kappa shape index (κ3) is 3.67. The van der Waals surface area contributed by atoms with Crippen molar-refractivity contribution in [3.05, 3.63) is 65.7 Å². The number of amides is 2. The van der Waals surface area contributed by atoms with Crippen LogP contribution in [0.5, 0.6) is 5.75 Å². The molecule has 0 atom stereocenters. The highest BCUT2D eigenvalue weighted by Gasteiger charge is 2.28. The molecule has 8 nitrogen and oxygen atoms in total. The minimum Gasteiger partial charge on any atom is -0.483 e. The fourth-order valence-electron chi connectivity index (χ4n) is 3.12. The van der Waals surface area contributed by atoms with Crippen LogP contribution < -0.4 is 9.64 Å². The van der Waals surface area contributed by atoms with Crippen molar-refractivity contribution in [3.63, 3.8) is 0 Å². The highest BCUT2D eigenvalue weighted by Crippen LogP contribution is 2.28. The summed E-state index contributed by atoms with van der Waals surface area (Å²) in [5, 5.41) is 0. The number of hydrogen-bond donors (Lipinski definition) is 0. The molecule has 0 fully saturated rings. The number of fused-ring (bicyclic) bond motifs is 1. The molecule has 0 aliphatic carbocycles. The summed E-state index contributed by atoms with van der Waals surface area (Å²) in [5.41, 5.74) is 3.39. The molecular weight excluding hydrogens is 382 g/mol. The van der Waals surface area contributed by atoms with E-state index in [1.165, 1.54) is 11.1 Å². The Kier molecular flexibility index (Phi) is 5.05. The van der Waals surface area contributed by atoms with Crippen molar-refractivity contribution in [1.29, 1.82) is 0 Å². The molecule has 3 aromatic rings. The first-order valence-corrected chi connectivity index (χ1v) is 9.32. The normalized spacial score (nSPS) is 14.8. The first-order chi connectivity index (χ1) is 14.4. The molecule has 150 valence electrons. The smallest absolute Gasteiger partial charge is 0.315 e. The minimum atomic E-state index is -0.708. The van der Waals surface area contributed by atoms with Crippen LogP contribution in [0.4, 0.5) is 5.82 Å². The zero-order valence-corrected chi connectivity index (χ0v) is 16.8. The van der Waals surface area contributed by atoms with Gasteiger partial charge >= 0.3 is 5.91 Å². The second kappa shape index (κ2) is 7.82. The number of carbonyl (C=O) groups excluding carboxylic acids is 2. The molecule has 2 aromatic heterocycles. The predicted octanol–water partition coefficient (Wildman–Crippen LogP) is 2.79. The van der Waals surface area contributed by atoms with Gasteiger partial charge in [-0.25, -0.2) is 19.9 Å². The van der Waals surface area contributed by atoms with Gasteiger partial charge in [-0.1, -0.05) is 24.3 Å². The Labute approximate surface area is 173 Å². The number of aromatic nitrogens is 3. The van der Waals surface area contributed by atoms with Crippen LogP contribution in [0.1, 0.15) is 21.7 Å². The van der Waals surface area contributed by atoms with Gasteiger partial charge in [0.1, 0.15) is 12.3 Å². The molecule has 0 radical (unpaired) electrons. The second-order valence-corrected chi connectivity index (χ2v) is 6.93. The van der Waals surface area contributed by atoms with Gasteiger partial charge in [0, 0.05) is 25.0 Å². The molecule has 2 amide bonds. The van der Waals surface area contributed by atoms with E-state index in [4.69, 9.17) is 4.74 Å². The van der Waals surface area contributed by atoms with Gasteiger partial charge in [0.25, 0.3) is 5.91 Å². The van der Waals surface area contributed by atoms with E-state index in [1.54, 1.807) is 25.4 Å². The second-order valence-electron chi connectivity index (χ2n) is 6.93. The van der Waals surface area contributed by atoms with Crippen molar-refractivity contribution in [2.45, 2.75) is 13.8 Å². The molecule has 0 spiro atoms. The SMILES string of the molecule is Cc1cnc2c(c1)OCC(=NC(=O)c1nccc(-c3ccccc3C)n1)C(=O)N2C. The van der Waals surface area contributed by atoms with Gasteiger partial charge in [-0.3, -0.25) is 14.5 Å². The van der Waals surface area contributed by atoms with Crippen molar-refractivity contribution in [3.8, 4) is 17.0 Å². The molecule has 0 bridgehead atoms. The standard InChI is InChI=1S/C22H19N5O3/c1-13-10-18-20(24-11-13)27(3)22(29)17(12-30-18)26-21(28)19-23-9-8-16(25-19)15-7-5-4-6-14(15)2/h4-11H,12H2,1-3H3. The summed E-state index contributed by atoms with van der Waals surface area (Å²) in [6, 6.07) is 11.2. The zero-order valence-electron chi connectivity index (χ0n) is 16.8. The Morgan fingerprint density at radius 3 is 2.77 bits per heavy atom. The summed E-state index contributed by atoms with van der Waals surface area (Å²) < 4.78 is 5.68. The van der Waals surface area contributed by atoms with E-state index in [0.29, 0.717) is 17.3 Å². The van der Waals surface area contributed by atoms with E-state index in [9.17, 15) is 9.59 Å². The topological polar surface area (TPSA) is 97.6 Å². The minimum absolute atomic E-state index is 0.0388. The lowest BCUT2D eigenvalue weighted by Gasteiger charge is -2.14. The van der Waals surface area contributed by atoms with Crippen molar-refractivity contribution < 1.29 is 14.3 Å². The van der Waals surface area contributed by atoms with E-state index in [2.05, 4.69) is 19.9 Å². The van der Waals surface area contributed by atoms with Crippen LogP contribution in [0.2, 0.25) is 0 Å². The fourth-order valence-corrected chi connectivity index (χ4v) is 3.12. The molecule has 0 N–H and O–H groups in total. The van der Waals surface area contributed by atoms with Crippen LogP contribution in [-0.2, 0) is 4.79 Å². The molecule has 30 heavy (non-hydrogen) atoms. The quantitative estimate of drug-likeness (QED) is 0.655. The molecule has 1 aliphatic rings. The Morgan fingerprint density at radius 1 is 1.17 bits per heavy atom. The third-order valence-electron chi connectivity index (χ3n) is 4.71. The van der Waals surface area contributed by atoms with E-state index >= 15 is 0 Å². The van der Waals surface area contributed by atoms with E-state index < -0.39 is 11.8 Å². The number of ether oxygens (including phenoxy) is 1. The molecular formula is C22H19N5O3. The maximum absolute atomic E-state index is 12.8. The van der Waals surface area contributed by atoms with E-state index in [-0.39, 0.29) is 18.1 Å². The average Bonchev–Trinajstić information content (AvgIpc) is 2.86. The molecule has 0 saturated heterocycles. The van der Waals surface area contributed by atoms with Gasteiger partial charge < -0.3 is 4.74 Å². The van der Waals surface area contributed by atoms with Crippen molar-refractivity contribution in [2.75, 3.05) is 18.6 Å². The Morgan fingerprint density at radius 2 is 1.97 bits per heavy atom. The number of aliphatic imine (C=N–C) groups is 1. The van der Waals surface area contributed by atoms with Crippen LogP contribution in [0.25, 0.3) is 11.3 Å². The Bertz CT molecular complexity index is 1190. The van der Waals surface area contributed by atoms with Gasteiger partial charge in [-0.05, 0) is 37.1 Å². The van der Waals surface area contributed by atoms with Crippen LogP contribution in [0.15, 0.2) is 53.8 Å². The molecule has 3 heterocycles. The first kappa shape index (κ1) is 19.4. The lowest BCUT2D eigenvalue weighted by Crippen LogP contribution is -2.35. The van der Waals surface area contributed by atoms with Crippen LogP contribution in [-0.4, -0.2) is 46.1 Å². The number of anilines is 1. The molecule has 0 saturated carbocycles. The average molecular weight is 401 g/mol. The summed E-state index contributed by atoms with van der Waals surface area (Å²) in [6.07, 6.45) is 3.15. The number of aryl methyl sites for hydroxylation is 2. The first-order valence-electron chi connectivity index (χ1n) is 9.32. The van der Waals surface area contributed by atoms with Crippen molar-refractivity contribution in [1.82, 2.24) is 15.0 Å². The van der Waals surface area contributed by atoms with Crippen molar-refractivity contribution >= 4 is 23.3 Å². The molecule has 8 heteroatoms. The Hall–Kier alpha value is -3.94. The van der Waals surface area contributed by atoms with Gasteiger partial charge in [-0.15, -0.1) is 0 Å². The summed E-state index contributed by atoms with van der Waals surface area (Å²) >= 11 is 0. The number of benzene rings is 1. The summed E-state index contributed by atoms with van der Waals surface area (Å²) in [5.74, 6) is -0.425. The number of carbonyl (C=O) groups is 2. The molecule has 0 unspecified atom stereocenters. The lowest BCUT2D eigenvalue weighted by atomic mass is 10.1. The fraction of sp³-hybridized carbons (Fsp3) is 0.182. The zero-order chi connectivity index (χ0) is 21.3. The maximum atomic E-state index is 12.8. The predicted molar refractivity (Wildman–Crippen MR) is 112 cm³/mol. The molecule has 4 rings (SSSR count). The van der Waals surface area contributed by atoms with Gasteiger partial charge in [0.05, 0.1) is 5.69 Å². The maximum Gasteiger partial charge on any atom is 0.315 e. The van der Waals surface area contributed by atoms with Gasteiger partial charge in [0.2, 0.25) is 5.82 Å². The molecule has 1 aliphatic heterocycles. The van der Waals surface area contributed by atoms with E-state index in [0.717, 1.165) is 16.7 Å². The highest BCUT2D eigenvalue weighted by molar-refractivity contribution is 6.46. The monoisotopic (exact) mass is 401 g/mol. The highest BCUT2D eigenvalue weighted by atomic mass is 16.5. The summed E-state index contributed by atoms with van der Waals surface area (Å²) in [6.45, 7) is 3.69. The van der Waals surface area contributed by atoms with Gasteiger partial charge in [-0.2, -0.15) is 0 Å². The number of pyridine rings is 1. The largest absolute Gasteiger partial charge is 0.483 e. The van der Waals surface area contributed by atoms with E-state index in [1.807, 2.05) is 38.1 Å². The van der Waals surface area contributed by atoms with Gasteiger partial charge in [0.15, 0.2) is 11.6 Å². The lowest BCUT2D eigenvalue weighted by molar-refractivity contribution is -0.112. The summed E-state index contributed by atoms with van der Waals surface area (Å²) in [4.78, 5) is 43.4. The Balaban J connectivity index is 1.64. The van der Waals surface area contributed by atoms with Crippen LogP contribution in [0, 0.1) is 13.8 Å². The summed E-state index contributed by atoms with van der Waals surface area (Å²) in [7, 11) is 1.56. The van der Waals surface area contributed by atoms with Crippen molar-refractivity contribution in [2.24, 2.45) is 4.99 Å².